The molecule has 0 fully saturated rings. The van der Waals surface area contributed by atoms with E-state index in [1.165, 1.54) is 11.1 Å². The average molecular weight is 489 g/mol. The Morgan fingerprint density at radius 1 is 1.08 bits per heavy atom. The van der Waals surface area contributed by atoms with Crippen LogP contribution < -0.4 is 11.1 Å². The number of para-hydroxylation sites is 1. The zero-order valence-electron chi connectivity index (χ0n) is 21.6. The number of ether oxygens (including phenoxy) is 1. The van der Waals surface area contributed by atoms with Crippen LogP contribution in [0.5, 0.6) is 0 Å². The van der Waals surface area contributed by atoms with Crippen molar-refractivity contribution in [2.24, 2.45) is 5.73 Å². The molecule has 6 nitrogen and oxygen atoms in total. The molecule has 6 heteroatoms. The Morgan fingerprint density at radius 2 is 1.69 bits per heavy atom. The first-order valence-corrected chi connectivity index (χ1v) is 11.9. The van der Waals surface area contributed by atoms with Crippen molar-refractivity contribution in [1.29, 1.82) is 0 Å². The zero-order chi connectivity index (χ0) is 26.8. The summed E-state index contributed by atoms with van der Waals surface area (Å²) < 4.78 is 7.74. The van der Waals surface area contributed by atoms with Gasteiger partial charge in [-0.3, -0.25) is 4.79 Å². The van der Waals surface area contributed by atoms with E-state index in [9.17, 15) is 4.79 Å². The van der Waals surface area contributed by atoms with Crippen LogP contribution in [0.1, 0.15) is 32.8 Å². The molecule has 3 N–H and O–H groups in total. The fourth-order valence-corrected chi connectivity index (χ4v) is 3.07. The fraction of sp³-hybridized carbons (Fsp3) is 0.233. The maximum atomic E-state index is 12.6. The second-order valence-corrected chi connectivity index (χ2v) is 7.73. The lowest BCUT2D eigenvalue weighted by Crippen LogP contribution is -2.19. The molecule has 2 aromatic rings. The number of carbonyl (C=O) groups excluding carboxylic acids is 2. The van der Waals surface area contributed by atoms with Crippen molar-refractivity contribution in [2.45, 2.75) is 33.8 Å². The molecular weight excluding hydrogens is 450 g/mol. The van der Waals surface area contributed by atoms with Gasteiger partial charge in [0.15, 0.2) is 6.54 Å². The Kier molecular flexibility index (Phi) is 14.5. The van der Waals surface area contributed by atoms with Crippen molar-refractivity contribution < 1.29 is 18.9 Å². The SMILES string of the molecule is C=C/C(C)=C\C(=C/C)CC.C=O.NCC[N+]1=CC/1=C(/OCc1ccccc1)C(=O)Nc1ccccc1. The Morgan fingerprint density at radius 3 is 2.22 bits per heavy atom. The molecule has 2 aromatic carbocycles. The van der Waals surface area contributed by atoms with E-state index in [0.29, 0.717) is 25.5 Å². The maximum Gasteiger partial charge on any atom is 0.317 e. The van der Waals surface area contributed by atoms with Crippen molar-refractivity contribution in [1.82, 2.24) is 0 Å². The number of nitrogens with zero attached hydrogens (tertiary/aromatic N) is 1. The van der Waals surface area contributed by atoms with Gasteiger partial charge in [-0.05, 0) is 38.0 Å². The molecule has 0 unspecified atom stereocenters. The van der Waals surface area contributed by atoms with Crippen LogP contribution in [-0.4, -0.2) is 36.6 Å². The number of amides is 1. The minimum Gasteiger partial charge on any atom is -0.478 e. The van der Waals surface area contributed by atoms with E-state index in [0.717, 1.165) is 23.4 Å². The van der Waals surface area contributed by atoms with Crippen LogP contribution in [0.2, 0.25) is 0 Å². The highest BCUT2D eigenvalue weighted by atomic mass is 16.5. The summed E-state index contributed by atoms with van der Waals surface area (Å²) in [6.07, 6.45) is 9.14. The summed E-state index contributed by atoms with van der Waals surface area (Å²) in [5.41, 5.74) is 10.7. The summed E-state index contributed by atoms with van der Waals surface area (Å²) in [6.45, 7) is 13.5. The van der Waals surface area contributed by atoms with Gasteiger partial charge in [-0.2, -0.15) is 4.58 Å². The lowest BCUT2D eigenvalue weighted by Gasteiger charge is -2.09. The van der Waals surface area contributed by atoms with Gasteiger partial charge in [-0.1, -0.05) is 91.4 Å². The number of hydrogen-bond donors (Lipinski definition) is 2. The van der Waals surface area contributed by atoms with Crippen molar-refractivity contribution in [3.05, 3.63) is 114 Å². The molecule has 1 amide bonds. The van der Waals surface area contributed by atoms with Gasteiger partial charge in [0.05, 0.1) is 6.54 Å². The summed E-state index contributed by atoms with van der Waals surface area (Å²) in [6, 6.07) is 19.1. The topological polar surface area (TPSA) is 84.4 Å². The van der Waals surface area contributed by atoms with E-state index >= 15 is 0 Å². The third-order valence-electron chi connectivity index (χ3n) is 5.10. The lowest BCUT2D eigenvalue weighted by atomic mass is 10.1. The summed E-state index contributed by atoms with van der Waals surface area (Å²) in [4.78, 5) is 20.6. The first-order valence-electron chi connectivity index (χ1n) is 11.9. The van der Waals surface area contributed by atoms with Crippen molar-refractivity contribution in [3.63, 3.8) is 0 Å². The van der Waals surface area contributed by atoms with E-state index in [1.807, 2.05) is 84.3 Å². The molecule has 0 atom stereocenters. The predicted octanol–water partition coefficient (Wildman–Crippen LogP) is 5.40. The van der Waals surface area contributed by atoms with Crippen LogP contribution in [0.15, 0.2) is 108 Å². The minimum absolute atomic E-state index is 0.261. The molecule has 0 bridgehead atoms. The van der Waals surface area contributed by atoms with Crippen molar-refractivity contribution in [2.75, 3.05) is 18.4 Å². The molecule has 0 aromatic heterocycles. The third-order valence-corrected chi connectivity index (χ3v) is 5.10. The quantitative estimate of drug-likeness (QED) is 0.203. The number of carbonyl (C=O) groups is 2. The highest BCUT2D eigenvalue weighted by molar-refractivity contribution is 6.06. The molecule has 1 aliphatic rings. The van der Waals surface area contributed by atoms with Gasteiger partial charge in [-0.25, -0.2) is 0 Å². The number of nitrogens with one attached hydrogen (secondary N) is 1. The van der Waals surface area contributed by atoms with E-state index in [-0.39, 0.29) is 5.91 Å². The Labute approximate surface area is 215 Å². The first kappa shape index (κ1) is 30.0. The molecule has 0 saturated heterocycles. The van der Waals surface area contributed by atoms with Crippen molar-refractivity contribution >= 4 is 24.6 Å². The summed E-state index contributed by atoms with van der Waals surface area (Å²) in [5.74, 6) is 0.0547. The molecule has 0 saturated carbocycles. The Hall–Kier alpha value is -4.03. The molecule has 0 spiro atoms. The molecule has 0 aliphatic carbocycles. The van der Waals surface area contributed by atoms with E-state index in [4.69, 9.17) is 15.3 Å². The molecule has 36 heavy (non-hydrogen) atoms. The van der Waals surface area contributed by atoms with Crippen LogP contribution >= 0.6 is 0 Å². The van der Waals surface area contributed by atoms with E-state index in [2.05, 4.69) is 44.8 Å². The molecule has 0 radical (unpaired) electrons. The average Bonchev–Trinajstić information content (AvgIpc) is 3.68. The monoisotopic (exact) mass is 488 g/mol. The number of allylic oxidation sites excluding steroid dienone is 6. The molecule has 190 valence electrons. The molecule has 1 aliphatic heterocycles. The van der Waals surface area contributed by atoms with Crippen molar-refractivity contribution in [3.8, 4) is 0 Å². The van der Waals surface area contributed by atoms with Gasteiger partial charge in [0, 0.05) is 5.69 Å². The second kappa shape index (κ2) is 17.4. The molecule has 1 heterocycles. The standard InChI is InChI=1S/C19H19N3O2.C10H16.CH2O/c20-11-12-22-13-17(22)18(24-14-15-7-3-1-4-8-15)19(23)21-16-9-5-2-6-10-16;1-5-9(4)8-10(6-2)7-3;1-2/h1-10,13H,11-12,14,20H2;5-6,8H,1,7H2,2-4H3;1H2/p+1/b18-17-;9-8-,10-6-;. The number of benzene rings is 2. The number of rotatable bonds is 10. The van der Waals surface area contributed by atoms with Gasteiger partial charge in [-0.15, -0.1) is 0 Å². The minimum atomic E-state index is -0.261. The number of nitrogens with two attached hydrogens (primary N) is 1. The third kappa shape index (κ3) is 10.9. The normalized spacial score (nSPS) is 13.6. The van der Waals surface area contributed by atoms with Gasteiger partial charge >= 0.3 is 5.70 Å². The number of hydrogen-bond acceptors (Lipinski definition) is 4. The van der Waals surface area contributed by atoms with Crippen LogP contribution in [-0.2, 0) is 20.9 Å². The molecule has 3 rings (SSSR count). The van der Waals surface area contributed by atoms with Gasteiger partial charge < -0.3 is 20.6 Å². The van der Waals surface area contributed by atoms with Gasteiger partial charge in [0.1, 0.15) is 13.4 Å². The van der Waals surface area contributed by atoms with E-state index in [1.54, 1.807) is 0 Å². The smallest absolute Gasteiger partial charge is 0.317 e. The van der Waals surface area contributed by atoms with Gasteiger partial charge in [0.25, 0.3) is 11.7 Å². The van der Waals surface area contributed by atoms with Crippen LogP contribution in [0.3, 0.4) is 0 Å². The van der Waals surface area contributed by atoms with Crippen LogP contribution in [0.25, 0.3) is 0 Å². The number of anilines is 1. The highest BCUT2D eigenvalue weighted by Gasteiger charge is 2.37. The van der Waals surface area contributed by atoms with E-state index < -0.39 is 0 Å². The summed E-state index contributed by atoms with van der Waals surface area (Å²) >= 11 is 0. The Balaban J connectivity index is 0.000000458. The highest BCUT2D eigenvalue weighted by Crippen LogP contribution is 2.19. The lowest BCUT2D eigenvalue weighted by molar-refractivity contribution is -0.402. The Bertz CT molecular complexity index is 1080. The fourth-order valence-electron chi connectivity index (χ4n) is 3.07. The van der Waals surface area contributed by atoms with Crippen LogP contribution in [0.4, 0.5) is 5.69 Å². The summed E-state index contributed by atoms with van der Waals surface area (Å²) in [7, 11) is 0. The zero-order valence-corrected chi connectivity index (χ0v) is 21.6. The largest absolute Gasteiger partial charge is 0.478 e. The summed E-state index contributed by atoms with van der Waals surface area (Å²) in [5, 5.41) is 2.86. The predicted molar refractivity (Wildman–Crippen MR) is 149 cm³/mol. The first-order chi connectivity index (χ1) is 17.5. The second-order valence-electron chi connectivity index (χ2n) is 7.73. The maximum absolute atomic E-state index is 12.6. The van der Waals surface area contributed by atoms with Crippen LogP contribution in [0, 0.1) is 0 Å². The van der Waals surface area contributed by atoms with Gasteiger partial charge in [0.2, 0.25) is 6.21 Å². The molecular formula is C30H38N3O3+.